The molecule has 1 heterocycles. The molecule has 1 aliphatic carbocycles. The van der Waals surface area contributed by atoms with Crippen LogP contribution in [-0.4, -0.2) is 19.4 Å². The van der Waals surface area contributed by atoms with Crippen LogP contribution in [0.4, 0.5) is 0 Å². The molecular formula is C9H12N2O2S. The lowest BCUT2D eigenvalue weighted by Crippen LogP contribution is -2.27. The zero-order valence-electron chi connectivity index (χ0n) is 7.68. The second-order valence-corrected chi connectivity index (χ2v) is 5.27. The van der Waals surface area contributed by atoms with Crippen LogP contribution >= 0.6 is 0 Å². The monoisotopic (exact) mass is 212 g/mol. The third-order valence-corrected chi connectivity index (χ3v) is 3.41. The zero-order valence-corrected chi connectivity index (χ0v) is 8.50. The molecule has 5 heteroatoms. The summed E-state index contributed by atoms with van der Waals surface area (Å²) in [6, 6.07) is 3.68. The molecule has 0 atom stereocenters. The summed E-state index contributed by atoms with van der Waals surface area (Å²) in [5, 5.41) is 0. The van der Waals surface area contributed by atoms with E-state index >= 15 is 0 Å². The third-order valence-electron chi connectivity index (χ3n) is 2.00. The van der Waals surface area contributed by atoms with E-state index in [1.54, 1.807) is 24.5 Å². The molecule has 0 spiro atoms. The molecular weight excluding hydrogens is 200 g/mol. The maximum absolute atomic E-state index is 11.5. The quantitative estimate of drug-likeness (QED) is 0.797. The van der Waals surface area contributed by atoms with Crippen molar-refractivity contribution < 1.29 is 8.42 Å². The Kier molecular flexibility index (Phi) is 2.52. The van der Waals surface area contributed by atoms with Crippen LogP contribution in [-0.2, 0) is 15.8 Å². The molecule has 0 aromatic carbocycles. The highest BCUT2D eigenvalue weighted by molar-refractivity contribution is 7.88. The number of aromatic nitrogens is 1. The van der Waals surface area contributed by atoms with Gasteiger partial charge in [-0.3, -0.25) is 4.98 Å². The average molecular weight is 212 g/mol. The fourth-order valence-electron chi connectivity index (χ4n) is 1.20. The summed E-state index contributed by atoms with van der Waals surface area (Å²) in [6.45, 7) is 0. The summed E-state index contributed by atoms with van der Waals surface area (Å²) in [5.41, 5.74) is 0.723. The number of hydrogen-bond acceptors (Lipinski definition) is 3. The molecule has 1 fully saturated rings. The van der Waals surface area contributed by atoms with Crippen LogP contribution in [0.3, 0.4) is 0 Å². The Labute approximate surface area is 83.4 Å². The van der Waals surface area contributed by atoms with Crippen LogP contribution in [0.5, 0.6) is 0 Å². The molecule has 0 radical (unpaired) electrons. The third kappa shape index (κ3) is 2.78. The molecule has 1 aromatic rings. The van der Waals surface area contributed by atoms with Gasteiger partial charge in [-0.05, 0) is 24.5 Å². The van der Waals surface area contributed by atoms with Crippen LogP contribution in [0, 0.1) is 0 Å². The van der Waals surface area contributed by atoms with Crippen LogP contribution in [0.15, 0.2) is 24.5 Å². The summed E-state index contributed by atoms with van der Waals surface area (Å²) < 4.78 is 25.6. The van der Waals surface area contributed by atoms with Gasteiger partial charge in [0.25, 0.3) is 0 Å². The van der Waals surface area contributed by atoms with E-state index in [4.69, 9.17) is 0 Å². The number of nitrogens with one attached hydrogen (secondary N) is 1. The number of hydrogen-bond donors (Lipinski definition) is 1. The lowest BCUT2D eigenvalue weighted by atomic mass is 10.3. The molecule has 76 valence electrons. The van der Waals surface area contributed by atoms with Crippen molar-refractivity contribution in [1.82, 2.24) is 9.71 Å². The highest BCUT2D eigenvalue weighted by Gasteiger charge is 2.26. The Hall–Kier alpha value is -0.940. The van der Waals surface area contributed by atoms with E-state index in [0.29, 0.717) is 0 Å². The molecule has 1 saturated carbocycles. The van der Waals surface area contributed by atoms with Crippen molar-refractivity contribution in [2.24, 2.45) is 0 Å². The first-order chi connectivity index (χ1) is 6.66. The van der Waals surface area contributed by atoms with Gasteiger partial charge in [0.15, 0.2) is 0 Å². The minimum Gasteiger partial charge on any atom is -0.264 e. The second-order valence-electron chi connectivity index (χ2n) is 3.51. The normalized spacial score (nSPS) is 16.9. The van der Waals surface area contributed by atoms with Gasteiger partial charge in [-0.1, -0.05) is 6.07 Å². The number of rotatable bonds is 4. The highest BCUT2D eigenvalue weighted by Crippen LogP contribution is 2.20. The summed E-state index contributed by atoms with van der Waals surface area (Å²) in [4.78, 5) is 3.87. The van der Waals surface area contributed by atoms with E-state index in [1.807, 2.05) is 0 Å². The molecule has 0 aliphatic heterocycles. The second kappa shape index (κ2) is 3.67. The minimum absolute atomic E-state index is 0.0251. The van der Waals surface area contributed by atoms with Crippen LogP contribution in [0.2, 0.25) is 0 Å². The van der Waals surface area contributed by atoms with Crippen molar-refractivity contribution in [2.75, 3.05) is 0 Å². The van der Waals surface area contributed by atoms with Gasteiger partial charge in [-0.15, -0.1) is 0 Å². The van der Waals surface area contributed by atoms with Gasteiger partial charge in [0.05, 0.1) is 5.75 Å². The van der Waals surface area contributed by atoms with E-state index in [0.717, 1.165) is 18.4 Å². The first kappa shape index (κ1) is 9.61. The first-order valence-corrected chi connectivity index (χ1v) is 6.20. The SMILES string of the molecule is O=S(=O)(Cc1cccnc1)NC1CC1. The maximum Gasteiger partial charge on any atom is 0.216 e. The maximum atomic E-state index is 11.5. The molecule has 4 nitrogen and oxygen atoms in total. The average Bonchev–Trinajstić information content (AvgIpc) is 2.88. The molecule has 1 aliphatic rings. The Balaban J connectivity index is 2.02. The van der Waals surface area contributed by atoms with Crippen LogP contribution in [0.25, 0.3) is 0 Å². The fraction of sp³-hybridized carbons (Fsp3) is 0.444. The summed E-state index contributed by atoms with van der Waals surface area (Å²) >= 11 is 0. The van der Waals surface area contributed by atoms with E-state index in [9.17, 15) is 8.42 Å². The van der Waals surface area contributed by atoms with Crippen LogP contribution in [0.1, 0.15) is 18.4 Å². The molecule has 1 aromatic heterocycles. The zero-order chi connectivity index (χ0) is 10.0. The lowest BCUT2D eigenvalue weighted by molar-refractivity contribution is 0.580. The summed E-state index contributed by atoms with van der Waals surface area (Å²) in [5.74, 6) is 0.0251. The van der Waals surface area contributed by atoms with Crippen molar-refractivity contribution in [3.63, 3.8) is 0 Å². The van der Waals surface area contributed by atoms with Crippen molar-refractivity contribution in [3.05, 3.63) is 30.1 Å². The lowest BCUT2D eigenvalue weighted by Gasteiger charge is -2.04. The Morgan fingerprint density at radius 1 is 1.50 bits per heavy atom. The van der Waals surface area contributed by atoms with Crippen LogP contribution < -0.4 is 4.72 Å². The molecule has 0 saturated heterocycles. The van der Waals surface area contributed by atoms with Gasteiger partial charge in [0.2, 0.25) is 10.0 Å². The topological polar surface area (TPSA) is 59.1 Å². The molecule has 2 rings (SSSR count). The molecule has 0 unspecified atom stereocenters. The standard InChI is InChI=1S/C9H12N2O2S/c12-14(13,11-9-3-4-9)7-8-2-1-5-10-6-8/h1-2,5-6,9,11H,3-4,7H2. The summed E-state index contributed by atoms with van der Waals surface area (Å²) in [6.07, 6.45) is 5.13. The number of pyridine rings is 1. The molecule has 1 N–H and O–H groups in total. The molecule has 0 amide bonds. The number of sulfonamides is 1. The molecule has 14 heavy (non-hydrogen) atoms. The predicted molar refractivity (Wildman–Crippen MR) is 53.0 cm³/mol. The van der Waals surface area contributed by atoms with Crippen molar-refractivity contribution >= 4 is 10.0 Å². The smallest absolute Gasteiger partial charge is 0.216 e. The van der Waals surface area contributed by atoms with Gasteiger partial charge in [-0.25, -0.2) is 13.1 Å². The van der Waals surface area contributed by atoms with Gasteiger partial charge < -0.3 is 0 Å². The molecule has 0 bridgehead atoms. The van der Waals surface area contributed by atoms with Crippen molar-refractivity contribution in [1.29, 1.82) is 0 Å². The highest BCUT2D eigenvalue weighted by atomic mass is 32.2. The van der Waals surface area contributed by atoms with E-state index in [1.165, 1.54) is 0 Å². The Morgan fingerprint density at radius 2 is 2.29 bits per heavy atom. The van der Waals surface area contributed by atoms with E-state index in [-0.39, 0.29) is 11.8 Å². The largest absolute Gasteiger partial charge is 0.264 e. The number of nitrogens with zero attached hydrogens (tertiary/aromatic N) is 1. The Bertz CT molecular complexity index is 398. The van der Waals surface area contributed by atoms with Gasteiger partial charge >= 0.3 is 0 Å². The summed E-state index contributed by atoms with van der Waals surface area (Å²) in [7, 11) is -3.16. The van der Waals surface area contributed by atoms with Gasteiger partial charge in [-0.2, -0.15) is 0 Å². The first-order valence-electron chi connectivity index (χ1n) is 4.55. The fourth-order valence-corrected chi connectivity index (χ4v) is 2.64. The predicted octanol–water partition coefficient (Wildman–Crippen LogP) is 0.663. The Morgan fingerprint density at radius 3 is 2.86 bits per heavy atom. The van der Waals surface area contributed by atoms with Gasteiger partial charge in [0.1, 0.15) is 0 Å². The minimum atomic E-state index is -3.16. The van der Waals surface area contributed by atoms with E-state index in [2.05, 4.69) is 9.71 Å². The van der Waals surface area contributed by atoms with Crippen molar-refractivity contribution in [3.8, 4) is 0 Å². The van der Waals surface area contributed by atoms with Crippen molar-refractivity contribution in [2.45, 2.75) is 24.6 Å². The van der Waals surface area contributed by atoms with Gasteiger partial charge in [0, 0.05) is 18.4 Å². The van der Waals surface area contributed by atoms with E-state index < -0.39 is 10.0 Å².